The molecule has 0 saturated heterocycles. The molecule has 2 aromatic rings. The topological polar surface area (TPSA) is 33.6 Å². The van der Waals surface area contributed by atoms with Crippen molar-refractivity contribution in [3.8, 4) is 0 Å². The Balaban J connectivity index is 2.06. The van der Waals surface area contributed by atoms with Crippen LogP contribution in [0.15, 0.2) is 60.7 Å². The first-order valence-electron chi connectivity index (χ1n) is 6.35. The Kier molecular flexibility index (Phi) is 4.70. The molecule has 0 spiro atoms. The molecule has 0 aliphatic carbocycles. The summed E-state index contributed by atoms with van der Waals surface area (Å²) in [4.78, 5) is 16.5. The fourth-order valence-electron chi connectivity index (χ4n) is 1.98. The normalized spacial score (nSPS) is 10.4. The first-order chi connectivity index (χ1) is 9.24. The minimum atomic E-state index is -0.262. The molecule has 3 heteroatoms. The Hall–Kier alpha value is -2.13. The maximum Gasteiger partial charge on any atom is 0.635 e. The maximum absolute atomic E-state index is 11.2. The van der Waals surface area contributed by atoms with E-state index < -0.39 is 0 Å². The van der Waals surface area contributed by atoms with E-state index in [1.807, 2.05) is 60.7 Å². The average Bonchev–Trinajstić information content (AvgIpc) is 2.40. The molecule has 0 aliphatic heterocycles. The fourth-order valence-corrected chi connectivity index (χ4v) is 1.98. The van der Waals surface area contributed by atoms with E-state index in [0.717, 1.165) is 16.2 Å². The number of carbonyl (C=O) groups is 1. The number of carbonyl (C=O) groups excluding carboxylic acids is 1. The van der Waals surface area contributed by atoms with Crippen molar-refractivity contribution in [2.45, 2.75) is 20.0 Å². The second-order valence-corrected chi connectivity index (χ2v) is 4.46. The minimum Gasteiger partial charge on any atom is -0.0879 e. The van der Waals surface area contributed by atoms with Crippen molar-refractivity contribution >= 4 is 5.97 Å². The highest BCUT2D eigenvalue weighted by Gasteiger charge is 2.23. The summed E-state index contributed by atoms with van der Waals surface area (Å²) in [5, 5.41) is 0.782. The van der Waals surface area contributed by atoms with E-state index in [-0.39, 0.29) is 5.97 Å². The summed E-state index contributed by atoms with van der Waals surface area (Å²) in [5.41, 5.74) is 2.30. The summed E-state index contributed by atoms with van der Waals surface area (Å²) in [5.74, 6) is -0.262. The first kappa shape index (κ1) is 13.3. The Bertz CT molecular complexity index is 469. The van der Waals surface area contributed by atoms with Crippen molar-refractivity contribution < 1.29 is 14.7 Å². The van der Waals surface area contributed by atoms with Crippen LogP contribution in [0.4, 0.5) is 0 Å². The summed E-state index contributed by atoms with van der Waals surface area (Å²) >= 11 is 0. The minimum absolute atomic E-state index is 0.262. The van der Waals surface area contributed by atoms with E-state index in [4.69, 9.17) is 4.84 Å². The van der Waals surface area contributed by atoms with E-state index in [0.29, 0.717) is 13.1 Å². The van der Waals surface area contributed by atoms with Gasteiger partial charge in [0.15, 0.2) is 13.1 Å². The fraction of sp³-hybridized carbons (Fsp3) is 0.188. The molecule has 1 N–H and O–H groups in total. The van der Waals surface area contributed by atoms with Gasteiger partial charge in [0.1, 0.15) is 6.92 Å². The van der Waals surface area contributed by atoms with Crippen LogP contribution in [0.25, 0.3) is 0 Å². The molecule has 19 heavy (non-hydrogen) atoms. The van der Waals surface area contributed by atoms with E-state index in [1.165, 1.54) is 6.92 Å². The monoisotopic (exact) mass is 256 g/mol. The summed E-state index contributed by atoms with van der Waals surface area (Å²) in [6, 6.07) is 20.1. The molecule has 2 rings (SSSR count). The molecular formula is C16H18NO2+2. The number of hydrogen-bond acceptors (Lipinski definition) is 2. The zero-order valence-electron chi connectivity index (χ0n) is 11.0. The zero-order valence-corrected chi connectivity index (χ0v) is 11.0. The van der Waals surface area contributed by atoms with E-state index in [1.54, 1.807) is 0 Å². The smallest absolute Gasteiger partial charge is 0.0879 e. The van der Waals surface area contributed by atoms with Gasteiger partial charge in [0.2, 0.25) is 0 Å². The molecule has 0 atom stereocenters. The van der Waals surface area contributed by atoms with Crippen molar-refractivity contribution in [2.75, 3.05) is 0 Å². The number of nitrogens with one attached hydrogen (secondary N) is 1. The van der Waals surface area contributed by atoms with Gasteiger partial charge in [0.05, 0.1) is 4.79 Å². The van der Waals surface area contributed by atoms with Crippen LogP contribution in [-0.2, 0) is 22.7 Å². The Morgan fingerprint density at radius 3 is 1.68 bits per heavy atom. The van der Waals surface area contributed by atoms with Crippen LogP contribution in [0.3, 0.4) is 0 Å². The molecule has 0 heterocycles. The van der Waals surface area contributed by atoms with Crippen molar-refractivity contribution in [1.29, 1.82) is 0 Å². The zero-order chi connectivity index (χ0) is 13.5. The van der Waals surface area contributed by atoms with Gasteiger partial charge in [0.25, 0.3) is 0 Å². The standard InChI is InChI=1S/C16H17NO2/c1-14(18)19-17(12-15-8-4-2-5-9-15)13-16-10-6-3-7-11-16/h2-11H,12-13H2,1H3/q+1/p+1. The van der Waals surface area contributed by atoms with Gasteiger partial charge >= 0.3 is 5.97 Å². The molecule has 0 unspecified atom stereocenters. The summed E-state index contributed by atoms with van der Waals surface area (Å²) in [7, 11) is 0. The van der Waals surface area contributed by atoms with E-state index >= 15 is 0 Å². The molecule has 0 aromatic heterocycles. The summed E-state index contributed by atoms with van der Waals surface area (Å²) in [6.45, 7) is 2.76. The van der Waals surface area contributed by atoms with Crippen molar-refractivity contribution in [3.05, 3.63) is 71.8 Å². The second-order valence-electron chi connectivity index (χ2n) is 4.46. The number of benzene rings is 2. The average molecular weight is 256 g/mol. The molecule has 97 valence electrons. The van der Waals surface area contributed by atoms with Crippen LogP contribution < -0.4 is 5.06 Å². The predicted octanol–water partition coefficient (Wildman–Crippen LogP) is 1.75. The SMILES string of the molecule is CC(=[O+])O[NH+](Cc1ccccc1)Cc1ccccc1. The van der Waals surface area contributed by atoms with Crippen LogP contribution in [-0.4, -0.2) is 5.97 Å². The molecule has 2 aromatic carbocycles. The predicted molar refractivity (Wildman–Crippen MR) is 73.0 cm³/mol. The lowest BCUT2D eigenvalue weighted by Gasteiger charge is -2.09. The molecular weight excluding hydrogens is 238 g/mol. The summed E-state index contributed by atoms with van der Waals surface area (Å²) < 4.78 is 0. The highest BCUT2D eigenvalue weighted by atomic mass is 16.7. The molecule has 3 nitrogen and oxygen atoms in total. The lowest BCUT2D eigenvalue weighted by molar-refractivity contribution is -1.10. The van der Waals surface area contributed by atoms with Crippen LogP contribution in [0.1, 0.15) is 18.1 Å². The molecule has 0 amide bonds. The van der Waals surface area contributed by atoms with Gasteiger partial charge in [-0.2, -0.15) is 0 Å². The molecule has 0 bridgehead atoms. The highest BCUT2D eigenvalue weighted by Crippen LogP contribution is 1.98. The van der Waals surface area contributed by atoms with E-state index in [2.05, 4.69) is 0 Å². The number of quaternary nitrogens is 1. The second kappa shape index (κ2) is 6.71. The summed E-state index contributed by atoms with van der Waals surface area (Å²) in [6.07, 6.45) is 0. The Morgan fingerprint density at radius 2 is 1.32 bits per heavy atom. The Labute approximate surface area is 113 Å². The highest BCUT2D eigenvalue weighted by molar-refractivity contribution is 5.64. The quantitative estimate of drug-likeness (QED) is 0.653. The van der Waals surface area contributed by atoms with Gasteiger partial charge in [-0.25, -0.2) is 0 Å². The van der Waals surface area contributed by atoms with Gasteiger partial charge < -0.3 is 0 Å². The Morgan fingerprint density at radius 1 is 0.895 bits per heavy atom. The maximum atomic E-state index is 11.2. The van der Waals surface area contributed by atoms with Crippen molar-refractivity contribution in [2.24, 2.45) is 0 Å². The van der Waals surface area contributed by atoms with Crippen LogP contribution in [0.2, 0.25) is 0 Å². The van der Waals surface area contributed by atoms with E-state index in [9.17, 15) is 4.79 Å². The number of hydrogen-bond donors (Lipinski definition) is 1. The van der Waals surface area contributed by atoms with Crippen molar-refractivity contribution in [3.63, 3.8) is 0 Å². The third-order valence-corrected chi connectivity index (χ3v) is 2.78. The lowest BCUT2D eigenvalue weighted by Crippen LogP contribution is -3.08. The van der Waals surface area contributed by atoms with Crippen LogP contribution in [0, 0.1) is 0 Å². The first-order valence-corrected chi connectivity index (χ1v) is 6.35. The largest absolute Gasteiger partial charge is 0.635 e. The van der Waals surface area contributed by atoms with Crippen molar-refractivity contribution in [1.82, 2.24) is 0 Å². The molecule has 0 saturated carbocycles. The molecule has 1 radical (unpaired) electrons. The van der Waals surface area contributed by atoms with Gasteiger partial charge in [-0.15, -0.1) is 0 Å². The van der Waals surface area contributed by atoms with Gasteiger partial charge in [-0.1, -0.05) is 70.6 Å². The molecule has 0 fully saturated rings. The van der Waals surface area contributed by atoms with Crippen LogP contribution >= 0.6 is 0 Å². The van der Waals surface area contributed by atoms with Gasteiger partial charge in [-0.3, -0.25) is 0 Å². The van der Waals surface area contributed by atoms with Gasteiger partial charge in [-0.05, 0) is 0 Å². The van der Waals surface area contributed by atoms with Gasteiger partial charge in [0, 0.05) is 11.1 Å². The third kappa shape index (κ3) is 4.56. The third-order valence-electron chi connectivity index (χ3n) is 2.78. The lowest BCUT2D eigenvalue weighted by atomic mass is 10.2. The number of rotatable bonds is 5. The molecule has 0 aliphatic rings. The number of hydroxylamine groups is 2. The van der Waals surface area contributed by atoms with Crippen LogP contribution in [0.5, 0.6) is 0 Å².